The summed E-state index contributed by atoms with van der Waals surface area (Å²) < 4.78 is 0. The first-order valence-electron chi connectivity index (χ1n) is 8.93. The summed E-state index contributed by atoms with van der Waals surface area (Å²) >= 11 is 0. The summed E-state index contributed by atoms with van der Waals surface area (Å²) in [6.07, 6.45) is 0. The van der Waals surface area contributed by atoms with Crippen LogP contribution >= 0.6 is 0 Å². The molecule has 28 heavy (non-hydrogen) atoms. The van der Waals surface area contributed by atoms with E-state index in [2.05, 4.69) is 0 Å². The van der Waals surface area contributed by atoms with Crippen LogP contribution in [0.25, 0.3) is 0 Å². The van der Waals surface area contributed by atoms with Crippen molar-refractivity contribution in [2.75, 3.05) is 6.61 Å². The quantitative estimate of drug-likeness (QED) is 0.617. The zero-order valence-corrected chi connectivity index (χ0v) is 16.7. The third kappa shape index (κ3) is 9.30. The molecule has 6 nitrogen and oxygen atoms in total. The molecule has 0 heterocycles. The summed E-state index contributed by atoms with van der Waals surface area (Å²) in [5, 5.41) is 35.2. The largest absolute Gasteiger partial charge is 0.478 e. The molecule has 0 spiro atoms. The van der Waals surface area contributed by atoms with Crippen molar-refractivity contribution in [2.24, 2.45) is 11.8 Å². The van der Waals surface area contributed by atoms with Gasteiger partial charge in [-0.15, -0.1) is 0 Å². The van der Waals surface area contributed by atoms with E-state index in [0.29, 0.717) is 11.1 Å². The van der Waals surface area contributed by atoms with Gasteiger partial charge >= 0.3 is 11.9 Å². The monoisotopic (exact) mass is 390 g/mol. The normalized spacial score (nSPS) is 13.1. The highest BCUT2D eigenvalue weighted by atomic mass is 16.4. The topological polar surface area (TPSA) is 115 Å². The number of carboxylic acid groups (broad SMARTS) is 2. The van der Waals surface area contributed by atoms with Crippen LogP contribution < -0.4 is 0 Å². The van der Waals surface area contributed by atoms with Crippen molar-refractivity contribution in [3.05, 3.63) is 71.8 Å². The molecule has 2 unspecified atom stereocenters. The van der Waals surface area contributed by atoms with E-state index in [1.807, 2.05) is 20.8 Å². The van der Waals surface area contributed by atoms with Gasteiger partial charge in [0.25, 0.3) is 0 Å². The van der Waals surface area contributed by atoms with Crippen LogP contribution in [0.3, 0.4) is 0 Å². The van der Waals surface area contributed by atoms with Gasteiger partial charge in [0.1, 0.15) is 0 Å². The molecule has 0 aliphatic heterocycles. The summed E-state index contributed by atoms with van der Waals surface area (Å²) in [5.74, 6) is -1.62. The first-order valence-corrected chi connectivity index (χ1v) is 8.93. The minimum absolute atomic E-state index is 0.0468. The number of benzene rings is 2. The first kappa shape index (κ1) is 25.3. The molecule has 6 heteroatoms. The Labute approximate surface area is 166 Å². The third-order valence-corrected chi connectivity index (χ3v) is 4.48. The van der Waals surface area contributed by atoms with Crippen molar-refractivity contribution >= 4 is 11.9 Å². The van der Waals surface area contributed by atoms with Crippen molar-refractivity contribution in [1.29, 1.82) is 0 Å². The highest BCUT2D eigenvalue weighted by Gasteiger charge is 2.30. The number of carboxylic acids is 2. The van der Waals surface area contributed by atoms with Gasteiger partial charge in [-0.3, -0.25) is 0 Å². The Balaban J connectivity index is 0.000000391. The average Bonchev–Trinajstić information content (AvgIpc) is 2.69. The van der Waals surface area contributed by atoms with E-state index in [0.717, 1.165) is 0 Å². The second-order valence-electron chi connectivity index (χ2n) is 6.81. The lowest BCUT2D eigenvalue weighted by atomic mass is 9.82. The lowest BCUT2D eigenvalue weighted by Crippen LogP contribution is -2.40. The standard InChI is InChI=1S/C8H18O2.2C7H6O2/c1-6(2)8(4,10)7(3)5-9;2*8-7(9)6-4-2-1-3-5-6/h6-7,9-10H,5H2,1-4H3;2*1-5H,(H,8,9). The SMILES string of the molecule is CC(C)C(C)(O)C(C)CO.O=C(O)c1ccccc1.O=C(O)c1ccccc1. The minimum atomic E-state index is -0.879. The highest BCUT2D eigenvalue weighted by molar-refractivity contribution is 5.87. The van der Waals surface area contributed by atoms with Crippen LogP contribution in [0.5, 0.6) is 0 Å². The number of aromatic carboxylic acids is 2. The van der Waals surface area contributed by atoms with Crippen LogP contribution in [0.1, 0.15) is 48.4 Å². The van der Waals surface area contributed by atoms with E-state index in [4.69, 9.17) is 15.3 Å². The Bertz CT molecular complexity index is 646. The van der Waals surface area contributed by atoms with Crippen LogP contribution in [0.4, 0.5) is 0 Å². The van der Waals surface area contributed by atoms with E-state index in [9.17, 15) is 14.7 Å². The van der Waals surface area contributed by atoms with E-state index < -0.39 is 17.5 Å². The molecule has 2 aromatic rings. The molecular formula is C22H30O6. The lowest BCUT2D eigenvalue weighted by molar-refractivity contribution is -0.0528. The molecule has 4 N–H and O–H groups in total. The van der Waals surface area contributed by atoms with Gasteiger partial charge < -0.3 is 20.4 Å². The van der Waals surface area contributed by atoms with Crippen molar-refractivity contribution in [3.63, 3.8) is 0 Å². The number of rotatable bonds is 5. The maximum atomic E-state index is 10.2. The molecule has 0 bridgehead atoms. The number of carbonyl (C=O) groups is 2. The third-order valence-electron chi connectivity index (χ3n) is 4.48. The van der Waals surface area contributed by atoms with E-state index in [1.54, 1.807) is 67.6 Å². The van der Waals surface area contributed by atoms with Crippen molar-refractivity contribution in [2.45, 2.75) is 33.3 Å². The van der Waals surface area contributed by atoms with Crippen LogP contribution in [-0.2, 0) is 0 Å². The number of aliphatic hydroxyl groups is 2. The molecule has 0 fully saturated rings. The summed E-state index contributed by atoms with van der Waals surface area (Å²) in [5.41, 5.74) is -0.0793. The van der Waals surface area contributed by atoms with Crippen molar-refractivity contribution in [3.8, 4) is 0 Å². The van der Waals surface area contributed by atoms with Crippen LogP contribution in [0, 0.1) is 11.8 Å². The molecule has 0 saturated heterocycles. The van der Waals surface area contributed by atoms with Crippen LogP contribution in [0.2, 0.25) is 0 Å². The molecule has 2 rings (SSSR count). The molecule has 0 radical (unpaired) electrons. The summed E-state index contributed by atoms with van der Waals surface area (Å²) in [6, 6.07) is 16.6. The average molecular weight is 390 g/mol. The number of hydrogen-bond acceptors (Lipinski definition) is 4. The zero-order valence-electron chi connectivity index (χ0n) is 16.7. The molecule has 154 valence electrons. The van der Waals surface area contributed by atoms with Gasteiger partial charge in [-0.2, -0.15) is 0 Å². The van der Waals surface area contributed by atoms with Gasteiger partial charge in [-0.1, -0.05) is 57.2 Å². The van der Waals surface area contributed by atoms with E-state index in [1.165, 1.54) is 0 Å². The van der Waals surface area contributed by atoms with Crippen molar-refractivity contribution in [1.82, 2.24) is 0 Å². The van der Waals surface area contributed by atoms with Crippen molar-refractivity contribution < 1.29 is 30.0 Å². The lowest BCUT2D eigenvalue weighted by Gasteiger charge is -2.32. The summed E-state index contributed by atoms with van der Waals surface area (Å²) in [7, 11) is 0. The molecule has 2 aromatic carbocycles. The second-order valence-corrected chi connectivity index (χ2v) is 6.81. The summed E-state index contributed by atoms with van der Waals surface area (Å²) in [4.78, 5) is 20.4. The Hall–Kier alpha value is -2.70. The Kier molecular flexibility index (Phi) is 11.4. The van der Waals surface area contributed by atoms with Crippen LogP contribution in [-0.4, -0.2) is 44.6 Å². The highest BCUT2D eigenvalue weighted by Crippen LogP contribution is 2.24. The Morgan fingerprint density at radius 2 is 1.14 bits per heavy atom. The van der Waals surface area contributed by atoms with Crippen LogP contribution in [0.15, 0.2) is 60.7 Å². The maximum absolute atomic E-state index is 10.2. The fraction of sp³-hybridized carbons (Fsp3) is 0.364. The predicted octanol–water partition coefficient (Wildman–Crippen LogP) is 3.79. The van der Waals surface area contributed by atoms with Gasteiger partial charge in [0.2, 0.25) is 0 Å². The fourth-order valence-electron chi connectivity index (χ4n) is 1.92. The molecule has 2 atom stereocenters. The van der Waals surface area contributed by atoms with Gasteiger partial charge in [-0.05, 0) is 37.1 Å². The molecule has 0 saturated carbocycles. The molecule has 0 aliphatic rings. The molecular weight excluding hydrogens is 360 g/mol. The Morgan fingerprint density at radius 3 is 1.29 bits per heavy atom. The Morgan fingerprint density at radius 1 is 0.821 bits per heavy atom. The predicted molar refractivity (Wildman–Crippen MR) is 109 cm³/mol. The fourth-order valence-corrected chi connectivity index (χ4v) is 1.92. The molecule has 0 amide bonds. The molecule has 0 aromatic heterocycles. The van der Waals surface area contributed by atoms with E-state index >= 15 is 0 Å². The van der Waals surface area contributed by atoms with Gasteiger partial charge in [-0.25, -0.2) is 9.59 Å². The smallest absolute Gasteiger partial charge is 0.335 e. The zero-order chi connectivity index (χ0) is 21.7. The first-order chi connectivity index (χ1) is 13.0. The summed E-state index contributed by atoms with van der Waals surface area (Å²) in [6.45, 7) is 7.56. The maximum Gasteiger partial charge on any atom is 0.335 e. The minimum Gasteiger partial charge on any atom is -0.478 e. The number of hydrogen-bond donors (Lipinski definition) is 4. The van der Waals surface area contributed by atoms with Gasteiger partial charge in [0.05, 0.1) is 16.7 Å². The second kappa shape index (κ2) is 12.6. The van der Waals surface area contributed by atoms with E-state index in [-0.39, 0.29) is 18.4 Å². The number of aliphatic hydroxyl groups excluding tert-OH is 1. The van der Waals surface area contributed by atoms with Gasteiger partial charge in [0.15, 0.2) is 0 Å². The van der Waals surface area contributed by atoms with Gasteiger partial charge in [0, 0.05) is 12.5 Å². The molecule has 0 aliphatic carbocycles.